The number of hydrogen-bond donors (Lipinski definition) is 1. The highest BCUT2D eigenvalue weighted by Gasteiger charge is 2.29. The van der Waals surface area contributed by atoms with Crippen molar-refractivity contribution >= 4 is 23.5 Å². The maximum absolute atomic E-state index is 11.9. The van der Waals surface area contributed by atoms with Crippen molar-refractivity contribution in [3.63, 3.8) is 0 Å². The van der Waals surface area contributed by atoms with E-state index in [0.29, 0.717) is 38.5 Å². The fraction of sp³-hybridized carbons (Fsp3) is 0.550. The van der Waals surface area contributed by atoms with E-state index in [4.69, 9.17) is 9.47 Å². The van der Waals surface area contributed by atoms with Gasteiger partial charge in [-0.05, 0) is 50.3 Å². The normalized spacial score (nSPS) is 19.0. The number of benzene rings is 1. The molecule has 144 valence electrons. The summed E-state index contributed by atoms with van der Waals surface area (Å²) < 4.78 is 11.3. The molecule has 0 atom stereocenters. The largest absolute Gasteiger partial charge is 0.494 e. The lowest BCUT2D eigenvalue weighted by Gasteiger charge is -2.23. The first kappa shape index (κ1) is 17.8. The van der Waals surface area contributed by atoms with Crippen molar-refractivity contribution in [1.29, 1.82) is 0 Å². The molecule has 1 N–H and O–H groups in total. The molecule has 0 radical (unpaired) electrons. The molecule has 1 aliphatic carbocycles. The SMILES string of the molecule is O=C1CN2Cc3cc(OCCCC(=O)OC4CCCCC4)ccc3N=C2N1. The second-order valence-electron chi connectivity index (χ2n) is 7.33. The first-order chi connectivity index (χ1) is 13.2. The highest BCUT2D eigenvalue weighted by atomic mass is 16.5. The van der Waals surface area contributed by atoms with Gasteiger partial charge in [-0.1, -0.05) is 6.42 Å². The molecule has 7 heteroatoms. The zero-order chi connectivity index (χ0) is 18.6. The fourth-order valence-electron chi connectivity index (χ4n) is 3.76. The molecule has 2 fully saturated rings. The van der Waals surface area contributed by atoms with E-state index in [0.717, 1.165) is 42.7 Å². The first-order valence-electron chi connectivity index (χ1n) is 9.76. The van der Waals surface area contributed by atoms with Gasteiger partial charge in [-0.15, -0.1) is 0 Å². The van der Waals surface area contributed by atoms with Crippen LogP contribution in [0.2, 0.25) is 0 Å². The molecule has 1 aromatic carbocycles. The van der Waals surface area contributed by atoms with E-state index < -0.39 is 0 Å². The lowest BCUT2D eigenvalue weighted by Crippen LogP contribution is -2.31. The second-order valence-corrected chi connectivity index (χ2v) is 7.33. The monoisotopic (exact) mass is 371 g/mol. The number of aliphatic imine (C=N–C) groups is 1. The molecular weight excluding hydrogens is 346 g/mol. The predicted octanol–water partition coefficient (Wildman–Crippen LogP) is 2.65. The summed E-state index contributed by atoms with van der Waals surface area (Å²) >= 11 is 0. The van der Waals surface area contributed by atoms with E-state index in [1.807, 2.05) is 23.1 Å². The van der Waals surface area contributed by atoms with Gasteiger partial charge in [0.15, 0.2) is 0 Å². The van der Waals surface area contributed by atoms with Crippen LogP contribution in [0.15, 0.2) is 23.2 Å². The molecule has 0 unspecified atom stereocenters. The zero-order valence-corrected chi connectivity index (χ0v) is 15.4. The van der Waals surface area contributed by atoms with E-state index in [1.165, 1.54) is 6.42 Å². The molecule has 7 nitrogen and oxygen atoms in total. The quantitative estimate of drug-likeness (QED) is 0.614. The Bertz CT molecular complexity index is 756. The molecule has 2 aliphatic heterocycles. The highest BCUT2D eigenvalue weighted by Crippen LogP contribution is 2.30. The Morgan fingerprint density at radius 3 is 2.93 bits per heavy atom. The molecule has 1 aromatic rings. The van der Waals surface area contributed by atoms with E-state index in [-0.39, 0.29) is 18.0 Å². The minimum atomic E-state index is -0.121. The molecule has 27 heavy (non-hydrogen) atoms. The molecule has 0 aromatic heterocycles. The standard InChI is InChI=1S/C20H25N3O4/c24-18-13-23-12-14-11-16(8-9-17(14)21-20(23)22-18)26-10-4-7-19(25)27-15-5-2-1-3-6-15/h8-9,11,15H,1-7,10,12-13H2,(H,21,22,24). The van der Waals surface area contributed by atoms with Gasteiger partial charge < -0.3 is 14.4 Å². The van der Waals surface area contributed by atoms with Crippen LogP contribution in [0.1, 0.15) is 50.5 Å². The number of fused-ring (bicyclic) bond motifs is 2. The Morgan fingerprint density at radius 2 is 2.07 bits per heavy atom. The number of guanidine groups is 1. The van der Waals surface area contributed by atoms with Gasteiger partial charge in [-0.2, -0.15) is 0 Å². The van der Waals surface area contributed by atoms with Gasteiger partial charge in [0.1, 0.15) is 18.4 Å². The molecule has 1 saturated carbocycles. The van der Waals surface area contributed by atoms with E-state index in [2.05, 4.69) is 10.3 Å². The van der Waals surface area contributed by atoms with Crippen molar-refractivity contribution in [2.24, 2.45) is 4.99 Å². The number of rotatable bonds is 6. The van der Waals surface area contributed by atoms with Crippen molar-refractivity contribution in [2.45, 2.75) is 57.6 Å². The Hall–Kier alpha value is -2.57. The number of amides is 1. The third-order valence-corrected chi connectivity index (χ3v) is 5.17. The summed E-state index contributed by atoms with van der Waals surface area (Å²) in [6.45, 7) is 1.45. The van der Waals surface area contributed by atoms with Crippen molar-refractivity contribution in [3.8, 4) is 5.75 Å². The maximum Gasteiger partial charge on any atom is 0.306 e. The van der Waals surface area contributed by atoms with Crippen molar-refractivity contribution in [2.75, 3.05) is 13.2 Å². The zero-order valence-electron chi connectivity index (χ0n) is 15.4. The topological polar surface area (TPSA) is 80.2 Å². The number of nitrogens with zero attached hydrogens (tertiary/aromatic N) is 2. The smallest absolute Gasteiger partial charge is 0.306 e. The molecule has 1 saturated heterocycles. The average molecular weight is 371 g/mol. The van der Waals surface area contributed by atoms with Gasteiger partial charge >= 0.3 is 5.97 Å². The van der Waals surface area contributed by atoms with Crippen molar-refractivity contribution in [1.82, 2.24) is 10.2 Å². The van der Waals surface area contributed by atoms with E-state index in [9.17, 15) is 9.59 Å². The van der Waals surface area contributed by atoms with Crippen LogP contribution in [-0.4, -0.2) is 42.0 Å². The summed E-state index contributed by atoms with van der Waals surface area (Å²) in [6, 6.07) is 5.73. The molecular formula is C20H25N3O4. The minimum absolute atomic E-state index is 0.0295. The van der Waals surface area contributed by atoms with Crippen LogP contribution in [0.5, 0.6) is 5.75 Å². The van der Waals surface area contributed by atoms with Crippen LogP contribution in [0.25, 0.3) is 0 Å². The van der Waals surface area contributed by atoms with Gasteiger partial charge in [0.05, 0.1) is 12.3 Å². The fourth-order valence-corrected chi connectivity index (χ4v) is 3.76. The minimum Gasteiger partial charge on any atom is -0.494 e. The summed E-state index contributed by atoms with van der Waals surface area (Å²) in [7, 11) is 0. The number of nitrogens with one attached hydrogen (secondary N) is 1. The maximum atomic E-state index is 11.9. The summed E-state index contributed by atoms with van der Waals surface area (Å²) in [5.41, 5.74) is 1.89. The van der Waals surface area contributed by atoms with E-state index in [1.54, 1.807) is 0 Å². The predicted molar refractivity (Wildman–Crippen MR) is 99.8 cm³/mol. The average Bonchev–Trinajstić information content (AvgIpc) is 3.03. The molecule has 0 bridgehead atoms. The lowest BCUT2D eigenvalue weighted by molar-refractivity contribution is -0.150. The van der Waals surface area contributed by atoms with Crippen LogP contribution in [0.3, 0.4) is 0 Å². The van der Waals surface area contributed by atoms with Crippen LogP contribution >= 0.6 is 0 Å². The van der Waals surface area contributed by atoms with Gasteiger partial charge in [0.25, 0.3) is 0 Å². The third-order valence-electron chi connectivity index (χ3n) is 5.17. The van der Waals surface area contributed by atoms with Crippen LogP contribution in [0, 0.1) is 0 Å². The number of hydrogen-bond acceptors (Lipinski definition) is 6. The number of esters is 1. The van der Waals surface area contributed by atoms with E-state index >= 15 is 0 Å². The van der Waals surface area contributed by atoms with Crippen LogP contribution in [0.4, 0.5) is 5.69 Å². The molecule has 4 rings (SSSR count). The number of ether oxygens (including phenoxy) is 2. The lowest BCUT2D eigenvalue weighted by atomic mass is 9.98. The Kier molecular flexibility index (Phi) is 5.27. The highest BCUT2D eigenvalue weighted by molar-refractivity contribution is 6.05. The summed E-state index contributed by atoms with van der Waals surface area (Å²) in [6.07, 6.45) is 6.70. The summed E-state index contributed by atoms with van der Waals surface area (Å²) in [5.74, 6) is 1.23. The Labute approximate surface area is 158 Å². The van der Waals surface area contributed by atoms with Crippen molar-refractivity contribution in [3.05, 3.63) is 23.8 Å². The van der Waals surface area contributed by atoms with Crippen molar-refractivity contribution < 1.29 is 19.1 Å². The summed E-state index contributed by atoms with van der Waals surface area (Å²) in [4.78, 5) is 29.8. The number of carbonyl (C=O) groups is 2. The van der Waals surface area contributed by atoms with Gasteiger partial charge in [-0.3, -0.25) is 14.9 Å². The Morgan fingerprint density at radius 1 is 1.22 bits per heavy atom. The van der Waals surface area contributed by atoms with Gasteiger partial charge in [0, 0.05) is 18.5 Å². The second kappa shape index (κ2) is 7.98. The first-order valence-corrected chi connectivity index (χ1v) is 9.76. The molecule has 2 heterocycles. The molecule has 1 amide bonds. The third kappa shape index (κ3) is 4.40. The number of carbonyl (C=O) groups excluding carboxylic acids is 2. The summed E-state index contributed by atoms with van der Waals surface area (Å²) in [5, 5.41) is 2.75. The van der Waals surface area contributed by atoms with Gasteiger partial charge in [-0.25, -0.2) is 4.99 Å². The van der Waals surface area contributed by atoms with Crippen LogP contribution in [-0.2, 0) is 20.9 Å². The van der Waals surface area contributed by atoms with Gasteiger partial charge in [0.2, 0.25) is 11.9 Å². The molecule has 3 aliphatic rings. The molecule has 0 spiro atoms. The van der Waals surface area contributed by atoms with Crippen LogP contribution < -0.4 is 10.1 Å². The Balaban J connectivity index is 1.23.